The summed E-state index contributed by atoms with van der Waals surface area (Å²) in [7, 11) is -3.73. The van der Waals surface area contributed by atoms with E-state index in [0.29, 0.717) is 18.2 Å². The van der Waals surface area contributed by atoms with E-state index >= 15 is 0 Å². The zero-order valence-electron chi connectivity index (χ0n) is 17.8. The minimum absolute atomic E-state index is 0.167. The summed E-state index contributed by atoms with van der Waals surface area (Å²) in [5.74, 6) is 0.494. The Morgan fingerprint density at radius 2 is 1.69 bits per heavy atom. The molecule has 0 radical (unpaired) electrons. The number of aryl methyl sites for hydroxylation is 1. The van der Waals surface area contributed by atoms with Gasteiger partial charge in [-0.05, 0) is 62.4 Å². The van der Waals surface area contributed by atoms with Crippen molar-refractivity contribution in [2.45, 2.75) is 60.8 Å². The van der Waals surface area contributed by atoms with E-state index in [1.165, 1.54) is 24.2 Å². The Balaban J connectivity index is 1.46. The van der Waals surface area contributed by atoms with Crippen LogP contribution >= 0.6 is 11.3 Å². The van der Waals surface area contributed by atoms with Crippen LogP contribution in [0.15, 0.2) is 63.7 Å². The smallest absolute Gasteiger partial charge is 0.225 e. The van der Waals surface area contributed by atoms with Crippen molar-refractivity contribution < 1.29 is 17.9 Å². The Hall–Kier alpha value is -2.64. The minimum atomic E-state index is -3.73. The number of amides is 1. The van der Waals surface area contributed by atoms with Gasteiger partial charge in [0.1, 0.15) is 10.6 Å². The van der Waals surface area contributed by atoms with Crippen LogP contribution in [0, 0.1) is 6.92 Å². The topological polar surface area (TPSA) is 72.5 Å². The molecule has 0 spiro atoms. The number of hydrogen-bond acceptors (Lipinski definition) is 5. The van der Waals surface area contributed by atoms with Gasteiger partial charge in [-0.15, -0.1) is 11.3 Å². The van der Waals surface area contributed by atoms with Crippen molar-refractivity contribution in [1.29, 1.82) is 0 Å². The van der Waals surface area contributed by atoms with E-state index in [1.807, 2.05) is 31.2 Å². The average molecular weight is 468 g/mol. The molecule has 166 valence electrons. The van der Waals surface area contributed by atoms with Crippen molar-refractivity contribution in [3.05, 3.63) is 69.9 Å². The predicted octanol–water partition coefficient (Wildman–Crippen LogP) is 5.68. The second-order valence-corrected chi connectivity index (χ2v) is 11.4. The molecule has 1 aliphatic carbocycles. The van der Waals surface area contributed by atoms with Gasteiger partial charge < -0.3 is 10.1 Å². The molecular weight excluding hydrogens is 442 g/mol. The van der Waals surface area contributed by atoms with Crippen LogP contribution in [-0.2, 0) is 14.6 Å². The van der Waals surface area contributed by atoms with Crippen molar-refractivity contribution in [3.63, 3.8) is 0 Å². The van der Waals surface area contributed by atoms with Crippen LogP contribution in [0.25, 0.3) is 0 Å². The van der Waals surface area contributed by atoms with Crippen molar-refractivity contribution in [2.75, 3.05) is 5.32 Å². The number of fused-ring (bicyclic) bond motifs is 1. The van der Waals surface area contributed by atoms with E-state index < -0.39 is 9.84 Å². The Labute approximate surface area is 192 Å². The third-order valence-electron chi connectivity index (χ3n) is 6.26. The second-order valence-electron chi connectivity index (χ2n) is 8.55. The molecule has 1 atom stereocenters. The summed E-state index contributed by atoms with van der Waals surface area (Å²) in [6.07, 6.45) is 5.21. The van der Waals surface area contributed by atoms with E-state index in [1.54, 1.807) is 29.6 Å². The summed E-state index contributed by atoms with van der Waals surface area (Å²) in [6.45, 7) is 1.91. The second kappa shape index (κ2) is 8.37. The fraction of sp³-hybridized carbons (Fsp3) is 0.320. The first kappa shape index (κ1) is 21.2. The lowest BCUT2D eigenvalue weighted by atomic mass is 9.90. The van der Waals surface area contributed by atoms with Gasteiger partial charge >= 0.3 is 0 Å². The number of nitrogens with one attached hydrogen (secondary N) is 1. The molecule has 1 saturated carbocycles. The van der Waals surface area contributed by atoms with Crippen molar-refractivity contribution >= 4 is 32.8 Å². The molecule has 32 heavy (non-hydrogen) atoms. The van der Waals surface area contributed by atoms with Crippen LogP contribution in [-0.4, -0.2) is 20.4 Å². The number of ether oxygens (including phenoxy) is 1. The molecular formula is C25H25NO4S2. The summed E-state index contributed by atoms with van der Waals surface area (Å²) in [5.41, 5.74) is 2.40. The first-order valence-corrected chi connectivity index (χ1v) is 13.3. The Bertz CT molecular complexity index is 1240. The van der Waals surface area contributed by atoms with Crippen molar-refractivity contribution in [1.82, 2.24) is 0 Å². The molecule has 7 heteroatoms. The number of rotatable bonds is 5. The van der Waals surface area contributed by atoms with Gasteiger partial charge in [-0.2, -0.15) is 0 Å². The van der Waals surface area contributed by atoms with Gasteiger partial charge in [-0.25, -0.2) is 8.42 Å². The number of sulfone groups is 1. The predicted molar refractivity (Wildman–Crippen MR) is 125 cm³/mol. The fourth-order valence-corrected chi connectivity index (χ4v) is 7.40. The lowest BCUT2D eigenvalue weighted by molar-refractivity contribution is -0.116. The zero-order chi connectivity index (χ0) is 22.3. The van der Waals surface area contributed by atoms with Crippen LogP contribution in [0.3, 0.4) is 0 Å². The number of benzene rings is 2. The molecule has 1 amide bonds. The number of thiophene rings is 1. The average Bonchev–Trinajstić information content (AvgIpc) is 3.44. The third-order valence-corrected chi connectivity index (χ3v) is 9.30. The molecule has 5 nitrogen and oxygen atoms in total. The molecule has 0 bridgehead atoms. The molecule has 2 aliphatic rings. The van der Waals surface area contributed by atoms with Crippen LogP contribution in [0.4, 0.5) is 5.69 Å². The van der Waals surface area contributed by atoms with Crippen LogP contribution in [0.1, 0.15) is 54.0 Å². The highest BCUT2D eigenvalue weighted by Crippen LogP contribution is 2.46. The van der Waals surface area contributed by atoms with E-state index in [0.717, 1.165) is 34.6 Å². The molecule has 1 fully saturated rings. The summed E-state index contributed by atoms with van der Waals surface area (Å²) in [6, 6.07) is 14.7. The van der Waals surface area contributed by atoms with Gasteiger partial charge in [0.15, 0.2) is 0 Å². The summed E-state index contributed by atoms with van der Waals surface area (Å²) < 4.78 is 32.6. The maximum Gasteiger partial charge on any atom is 0.225 e. The highest BCUT2D eigenvalue weighted by Gasteiger charge is 2.34. The monoisotopic (exact) mass is 467 g/mol. The van der Waals surface area contributed by atoms with Crippen molar-refractivity contribution in [2.24, 2.45) is 0 Å². The summed E-state index contributed by atoms with van der Waals surface area (Å²) in [5, 5.41) is 4.47. The highest BCUT2D eigenvalue weighted by atomic mass is 32.2. The number of carbonyl (C=O) groups is 1. The maximum absolute atomic E-state index is 13.3. The Morgan fingerprint density at radius 1 is 1.00 bits per heavy atom. The van der Waals surface area contributed by atoms with E-state index in [2.05, 4.69) is 5.32 Å². The van der Waals surface area contributed by atoms with Crippen LogP contribution in [0.5, 0.6) is 5.75 Å². The minimum Gasteiger partial charge on any atom is -0.490 e. The van der Waals surface area contributed by atoms with E-state index in [-0.39, 0.29) is 21.6 Å². The maximum atomic E-state index is 13.3. The van der Waals surface area contributed by atoms with Gasteiger partial charge in [-0.3, -0.25) is 4.79 Å². The lowest BCUT2D eigenvalue weighted by Crippen LogP contribution is -2.23. The molecule has 5 rings (SSSR count). The summed E-state index contributed by atoms with van der Waals surface area (Å²) in [4.78, 5) is 13.8. The molecule has 0 saturated heterocycles. The van der Waals surface area contributed by atoms with Gasteiger partial charge in [0.05, 0.1) is 16.7 Å². The highest BCUT2D eigenvalue weighted by molar-refractivity contribution is 7.91. The molecule has 3 aromatic rings. The summed E-state index contributed by atoms with van der Waals surface area (Å²) >= 11 is 1.39. The van der Waals surface area contributed by atoms with Crippen LogP contribution in [0.2, 0.25) is 0 Å². The Morgan fingerprint density at radius 3 is 2.38 bits per heavy atom. The lowest BCUT2D eigenvalue weighted by Gasteiger charge is -2.24. The number of hydrogen-bond donors (Lipinski definition) is 1. The first-order valence-electron chi connectivity index (χ1n) is 10.9. The number of carbonyl (C=O) groups excluding carboxylic acids is 1. The molecule has 1 unspecified atom stereocenters. The van der Waals surface area contributed by atoms with Gasteiger partial charge in [0.2, 0.25) is 15.7 Å². The Kier molecular flexibility index (Phi) is 5.55. The fourth-order valence-electron chi connectivity index (χ4n) is 4.49. The largest absolute Gasteiger partial charge is 0.490 e. The number of anilines is 1. The van der Waals surface area contributed by atoms with E-state index in [9.17, 15) is 13.2 Å². The van der Waals surface area contributed by atoms with Crippen molar-refractivity contribution in [3.8, 4) is 5.75 Å². The molecule has 2 aromatic carbocycles. The normalized spacial score (nSPS) is 18.9. The van der Waals surface area contributed by atoms with Gasteiger partial charge in [-0.1, -0.05) is 29.8 Å². The molecule has 1 aliphatic heterocycles. The van der Waals surface area contributed by atoms with Gasteiger partial charge in [0.25, 0.3) is 0 Å². The quantitative estimate of drug-likeness (QED) is 0.524. The molecule has 1 aromatic heterocycles. The zero-order valence-corrected chi connectivity index (χ0v) is 19.5. The SMILES string of the molecule is Cc1ccc(S(=O)(=O)c2csc3c2NC(=O)CC3c2ccc(OC3CCCC3)cc2)cc1. The standard InChI is InChI=1S/C25H25NO4S2/c1-16-6-12-20(13-7-16)32(28,29)22-15-31-25-21(14-23(27)26-24(22)25)17-8-10-19(11-9-17)30-18-4-2-3-5-18/h6-13,15,18,21H,2-5,14H2,1H3,(H,26,27). The van der Waals surface area contributed by atoms with E-state index in [4.69, 9.17) is 4.74 Å². The van der Waals surface area contributed by atoms with Crippen LogP contribution < -0.4 is 10.1 Å². The molecule has 1 N–H and O–H groups in total. The van der Waals surface area contributed by atoms with Gasteiger partial charge in [0, 0.05) is 22.6 Å². The first-order chi connectivity index (χ1) is 15.4. The third kappa shape index (κ3) is 3.95. The molecule has 2 heterocycles.